The minimum atomic E-state index is -0.952. The van der Waals surface area contributed by atoms with Crippen LogP contribution in [0.2, 0.25) is 0 Å². The van der Waals surface area contributed by atoms with E-state index in [9.17, 15) is 40.9 Å². The van der Waals surface area contributed by atoms with Gasteiger partial charge in [0.1, 0.15) is 11.4 Å². The van der Waals surface area contributed by atoms with Gasteiger partial charge in [-0.3, -0.25) is 4.90 Å². The molecule has 9 heteroatoms. The molecule has 0 aliphatic rings. The van der Waals surface area contributed by atoms with Crippen molar-refractivity contribution in [1.82, 2.24) is 0 Å². The van der Waals surface area contributed by atoms with Gasteiger partial charge in [-0.25, -0.2) is 0 Å². The zero-order chi connectivity index (χ0) is 47.8. The van der Waals surface area contributed by atoms with Crippen molar-refractivity contribution in [2.75, 3.05) is 4.90 Å². The maximum atomic E-state index is 11.8. The molecule has 0 aromatic heterocycles. The van der Waals surface area contributed by atoms with Crippen LogP contribution >= 0.6 is 0 Å². The molecule has 0 aliphatic heterocycles. The molecule has 336 valence electrons. The summed E-state index contributed by atoms with van der Waals surface area (Å²) in [5, 5.41) is 93.4. The molecule has 10 aromatic rings. The number of phenols is 8. The Morgan fingerprint density at radius 3 is 0.696 bits per heavy atom. The number of benzene rings is 10. The van der Waals surface area contributed by atoms with Gasteiger partial charge in [0.15, 0.2) is 46.0 Å². The van der Waals surface area contributed by atoms with E-state index in [0.717, 1.165) is 60.5 Å². The van der Waals surface area contributed by atoms with Gasteiger partial charge >= 0.3 is 0 Å². The van der Waals surface area contributed by atoms with Gasteiger partial charge in [0.25, 0.3) is 0 Å². The number of phenolic OH excluding ortho intramolecular Hbond substituents is 8. The fraction of sp³-hybridized carbons (Fsp3) is 0. The molecule has 10 aromatic carbocycles. The highest BCUT2D eigenvalue weighted by Crippen LogP contribution is 2.63. The predicted molar refractivity (Wildman–Crippen MR) is 272 cm³/mol. The summed E-state index contributed by atoms with van der Waals surface area (Å²) in [7, 11) is 0. The predicted octanol–water partition coefficient (Wildman–Crippen LogP) is 14.5. The lowest BCUT2D eigenvalue weighted by molar-refractivity contribution is 0.372. The standard InChI is InChI=1S/C60H43NO8/c62-53-49(43-17-9-3-10-18-43)54(63)58(67)51(57(53)66)61(52-59(68)55(64)50(56(65)60(52)69)44-19-11-4-12-20-44)48-31-29-42(30-32-48)47-34-45(40-25-21-38(22-26-40)36-13-5-1-6-14-36)33-46(35-47)41-27-23-39(24-28-41)37-15-7-2-8-16-37/h1-35,62-69H. The SMILES string of the molecule is Oc1c(O)c(N(c2ccc(-c3cc(-c4ccc(-c5ccccc5)cc4)cc(-c4ccc(-c5ccccc5)cc4)c3)cc2)c2c(O)c(O)c(-c3ccccc3)c(O)c2O)c(O)c(O)c1-c1ccccc1. The van der Waals surface area contributed by atoms with Gasteiger partial charge in [-0.1, -0.05) is 182 Å². The highest BCUT2D eigenvalue weighted by atomic mass is 16.3. The molecular formula is C60H43NO8. The van der Waals surface area contributed by atoms with E-state index in [1.165, 1.54) is 0 Å². The Morgan fingerprint density at radius 2 is 0.420 bits per heavy atom. The summed E-state index contributed by atoms with van der Waals surface area (Å²) in [5.41, 5.74) is 8.38. The molecule has 0 fully saturated rings. The van der Waals surface area contributed by atoms with E-state index in [4.69, 9.17) is 0 Å². The van der Waals surface area contributed by atoms with E-state index < -0.39 is 57.4 Å². The van der Waals surface area contributed by atoms with Crippen molar-refractivity contribution in [3.05, 3.63) is 212 Å². The smallest absolute Gasteiger partial charge is 0.186 e. The number of hydrogen-bond donors (Lipinski definition) is 8. The molecule has 0 spiro atoms. The van der Waals surface area contributed by atoms with E-state index in [1.807, 2.05) is 36.4 Å². The Morgan fingerprint density at radius 1 is 0.203 bits per heavy atom. The third kappa shape index (κ3) is 8.00. The van der Waals surface area contributed by atoms with Crippen LogP contribution in [0.3, 0.4) is 0 Å². The van der Waals surface area contributed by atoms with Crippen LogP contribution < -0.4 is 4.90 Å². The molecule has 0 atom stereocenters. The second-order valence-corrected chi connectivity index (χ2v) is 16.5. The second-order valence-electron chi connectivity index (χ2n) is 16.5. The molecule has 8 N–H and O–H groups in total. The monoisotopic (exact) mass is 905 g/mol. The Balaban J connectivity index is 1.13. The van der Waals surface area contributed by atoms with Crippen molar-refractivity contribution in [3.63, 3.8) is 0 Å². The van der Waals surface area contributed by atoms with Crippen molar-refractivity contribution < 1.29 is 40.9 Å². The average Bonchev–Trinajstić information content (AvgIpc) is 3.40. The van der Waals surface area contributed by atoms with Crippen LogP contribution in [-0.2, 0) is 0 Å². The molecule has 0 aliphatic carbocycles. The summed E-state index contributed by atoms with van der Waals surface area (Å²) < 4.78 is 0. The summed E-state index contributed by atoms with van der Waals surface area (Å²) in [5.74, 6) is -7.14. The van der Waals surface area contributed by atoms with Gasteiger partial charge in [-0.05, 0) is 97.1 Å². The number of hydrogen-bond acceptors (Lipinski definition) is 9. The van der Waals surface area contributed by atoms with E-state index in [0.29, 0.717) is 0 Å². The van der Waals surface area contributed by atoms with Crippen molar-refractivity contribution in [2.24, 2.45) is 0 Å². The van der Waals surface area contributed by atoms with Crippen LogP contribution in [-0.4, -0.2) is 40.9 Å². The topological polar surface area (TPSA) is 165 Å². The maximum absolute atomic E-state index is 11.8. The minimum absolute atomic E-state index is 0.0526. The van der Waals surface area contributed by atoms with Crippen LogP contribution in [0.4, 0.5) is 17.1 Å². The first kappa shape index (κ1) is 43.3. The van der Waals surface area contributed by atoms with Gasteiger partial charge in [0, 0.05) is 5.69 Å². The zero-order valence-corrected chi connectivity index (χ0v) is 36.7. The first-order valence-electron chi connectivity index (χ1n) is 22.0. The molecule has 0 saturated heterocycles. The van der Waals surface area contributed by atoms with E-state index in [-0.39, 0.29) is 27.9 Å². The second kappa shape index (κ2) is 18.0. The molecule has 0 bridgehead atoms. The molecule has 9 nitrogen and oxygen atoms in total. The molecule has 69 heavy (non-hydrogen) atoms. The molecule has 0 unspecified atom stereocenters. The first-order valence-corrected chi connectivity index (χ1v) is 22.0. The maximum Gasteiger partial charge on any atom is 0.186 e. The molecule has 10 rings (SSSR count). The summed E-state index contributed by atoms with van der Waals surface area (Å²) in [6.07, 6.45) is 0. The largest absolute Gasteiger partial charge is 0.504 e. The van der Waals surface area contributed by atoms with E-state index in [1.54, 1.807) is 84.9 Å². The van der Waals surface area contributed by atoms with Gasteiger partial charge in [-0.15, -0.1) is 0 Å². The van der Waals surface area contributed by atoms with Gasteiger partial charge in [0.2, 0.25) is 0 Å². The molecule has 0 radical (unpaired) electrons. The molecule has 0 heterocycles. The third-order valence-corrected chi connectivity index (χ3v) is 12.4. The molecular weight excluding hydrogens is 863 g/mol. The van der Waals surface area contributed by atoms with Crippen molar-refractivity contribution in [3.8, 4) is 124 Å². The quantitative estimate of drug-likeness (QED) is 0.0493. The number of aromatic hydroxyl groups is 8. The molecule has 0 saturated carbocycles. The van der Waals surface area contributed by atoms with Crippen molar-refractivity contribution in [1.29, 1.82) is 0 Å². The Bertz CT molecular complexity index is 3210. The summed E-state index contributed by atoms with van der Waals surface area (Å²) in [4.78, 5) is 0.936. The lowest BCUT2D eigenvalue weighted by atomic mass is 9.92. The Labute approximate surface area is 397 Å². The minimum Gasteiger partial charge on any atom is -0.504 e. The molecule has 0 amide bonds. The highest BCUT2D eigenvalue weighted by molar-refractivity contribution is 6.00. The number of nitrogens with zero attached hydrogens (tertiary/aromatic N) is 1. The van der Waals surface area contributed by atoms with Gasteiger partial charge in [0.05, 0.1) is 11.1 Å². The number of anilines is 3. The zero-order valence-electron chi connectivity index (χ0n) is 36.7. The van der Waals surface area contributed by atoms with Gasteiger partial charge < -0.3 is 40.9 Å². The van der Waals surface area contributed by atoms with Crippen molar-refractivity contribution in [2.45, 2.75) is 0 Å². The van der Waals surface area contributed by atoms with Crippen LogP contribution in [0.5, 0.6) is 46.0 Å². The number of rotatable bonds is 10. The van der Waals surface area contributed by atoms with E-state index >= 15 is 0 Å². The fourth-order valence-electron chi connectivity index (χ4n) is 8.82. The fourth-order valence-corrected chi connectivity index (χ4v) is 8.82. The Kier molecular flexibility index (Phi) is 11.3. The average molecular weight is 906 g/mol. The van der Waals surface area contributed by atoms with Crippen LogP contribution in [0.1, 0.15) is 0 Å². The summed E-state index contributed by atoms with van der Waals surface area (Å²) in [6, 6.07) is 66.1. The van der Waals surface area contributed by atoms with Crippen molar-refractivity contribution >= 4 is 17.1 Å². The third-order valence-electron chi connectivity index (χ3n) is 12.4. The van der Waals surface area contributed by atoms with Gasteiger partial charge in [-0.2, -0.15) is 0 Å². The summed E-state index contributed by atoms with van der Waals surface area (Å²) in [6.45, 7) is 0. The Hall–Kier alpha value is -9.60. The highest BCUT2D eigenvalue weighted by Gasteiger charge is 2.35. The van der Waals surface area contributed by atoms with Crippen LogP contribution in [0.25, 0.3) is 77.9 Å². The van der Waals surface area contributed by atoms with E-state index in [2.05, 4.69) is 91.0 Å². The first-order chi connectivity index (χ1) is 33.6. The lowest BCUT2D eigenvalue weighted by Crippen LogP contribution is -2.12. The van der Waals surface area contributed by atoms with Crippen LogP contribution in [0, 0.1) is 0 Å². The summed E-state index contributed by atoms with van der Waals surface area (Å²) >= 11 is 0. The van der Waals surface area contributed by atoms with Crippen LogP contribution in [0.15, 0.2) is 212 Å². The lowest BCUT2D eigenvalue weighted by Gasteiger charge is -2.30. The normalized spacial score (nSPS) is 11.1.